The Morgan fingerprint density at radius 1 is 1.26 bits per heavy atom. The molecular weight excluding hydrogens is 359 g/mol. The molecule has 4 nitrogen and oxygen atoms in total. The number of benzene rings is 1. The van der Waals surface area contributed by atoms with Crippen LogP contribution in [0.2, 0.25) is 0 Å². The number of pyridine rings is 1. The summed E-state index contributed by atoms with van der Waals surface area (Å²) >= 11 is 5.35. The van der Waals surface area contributed by atoms with Gasteiger partial charge in [-0.1, -0.05) is 19.1 Å². The summed E-state index contributed by atoms with van der Waals surface area (Å²) in [4.78, 5) is 6.93. The first kappa shape index (κ1) is 19.5. The molecule has 0 spiro atoms. The maximum Gasteiger partial charge on any atom is 0.170 e. The van der Waals surface area contributed by atoms with Crippen LogP contribution in [-0.4, -0.2) is 29.7 Å². The van der Waals surface area contributed by atoms with E-state index in [9.17, 15) is 4.39 Å². The number of anilines is 2. The molecule has 1 aromatic heterocycles. The lowest BCUT2D eigenvalue weighted by Gasteiger charge is -2.31. The highest BCUT2D eigenvalue weighted by molar-refractivity contribution is 7.80. The van der Waals surface area contributed by atoms with Crippen LogP contribution in [0.25, 0.3) is 0 Å². The lowest BCUT2D eigenvalue weighted by atomic mass is 10.0. The van der Waals surface area contributed by atoms with Crippen LogP contribution < -0.4 is 15.5 Å². The second-order valence-electron chi connectivity index (χ2n) is 7.21. The maximum atomic E-state index is 12.9. The van der Waals surface area contributed by atoms with Gasteiger partial charge in [-0.25, -0.2) is 9.37 Å². The average molecular weight is 387 g/mol. The number of aryl methyl sites for hydroxylation is 1. The predicted octanol–water partition coefficient (Wildman–Crippen LogP) is 4.38. The van der Waals surface area contributed by atoms with E-state index in [1.807, 2.05) is 24.4 Å². The Morgan fingerprint density at radius 3 is 2.78 bits per heavy atom. The van der Waals surface area contributed by atoms with E-state index in [0.29, 0.717) is 5.11 Å². The standard InChI is InChI=1S/C21H27FN4S/c1-16-4-3-13-26(15-16)20-11-10-19(14-24-20)25-21(27)23-12-2-5-17-6-8-18(22)9-7-17/h6-11,14,16H,2-5,12-13,15H2,1H3,(H2,23,25,27)/t16-/m0/s1. The van der Waals surface area contributed by atoms with Crippen LogP contribution in [0.4, 0.5) is 15.9 Å². The molecule has 1 fully saturated rings. The molecule has 1 saturated heterocycles. The van der Waals surface area contributed by atoms with E-state index in [1.165, 1.54) is 25.0 Å². The SMILES string of the molecule is C[C@H]1CCCN(c2ccc(NC(=S)NCCCc3ccc(F)cc3)cn2)C1. The number of halogens is 1. The number of hydrogen-bond donors (Lipinski definition) is 2. The smallest absolute Gasteiger partial charge is 0.170 e. The van der Waals surface area contributed by atoms with Crippen molar-refractivity contribution in [3.05, 3.63) is 54.0 Å². The lowest BCUT2D eigenvalue weighted by molar-refractivity contribution is 0.444. The van der Waals surface area contributed by atoms with Crippen LogP contribution in [0.1, 0.15) is 31.7 Å². The summed E-state index contributed by atoms with van der Waals surface area (Å²) in [6.45, 7) is 5.22. The van der Waals surface area contributed by atoms with E-state index in [-0.39, 0.29) is 5.82 Å². The molecular formula is C21H27FN4S. The molecule has 1 aliphatic rings. The van der Waals surface area contributed by atoms with Gasteiger partial charge in [0.15, 0.2) is 5.11 Å². The molecule has 27 heavy (non-hydrogen) atoms. The third kappa shape index (κ3) is 6.17. The van der Waals surface area contributed by atoms with Gasteiger partial charge in [-0.3, -0.25) is 0 Å². The van der Waals surface area contributed by atoms with Gasteiger partial charge >= 0.3 is 0 Å². The quantitative estimate of drug-likeness (QED) is 0.570. The number of nitrogens with one attached hydrogen (secondary N) is 2. The third-order valence-corrected chi connectivity index (χ3v) is 5.07. The highest BCUT2D eigenvalue weighted by Crippen LogP contribution is 2.22. The molecule has 2 N–H and O–H groups in total. The van der Waals surface area contributed by atoms with E-state index in [2.05, 4.69) is 33.5 Å². The molecule has 0 unspecified atom stereocenters. The van der Waals surface area contributed by atoms with E-state index in [1.54, 1.807) is 0 Å². The van der Waals surface area contributed by atoms with Gasteiger partial charge in [0, 0.05) is 19.6 Å². The van der Waals surface area contributed by atoms with Gasteiger partial charge in [0.05, 0.1) is 11.9 Å². The van der Waals surface area contributed by atoms with E-state index >= 15 is 0 Å². The Kier molecular flexibility index (Phi) is 6.98. The number of aromatic nitrogens is 1. The van der Waals surface area contributed by atoms with Crippen molar-refractivity contribution in [2.45, 2.75) is 32.6 Å². The summed E-state index contributed by atoms with van der Waals surface area (Å²) in [5, 5.41) is 6.97. The molecule has 3 rings (SSSR count). The normalized spacial score (nSPS) is 16.8. The van der Waals surface area contributed by atoms with Gasteiger partial charge in [-0.2, -0.15) is 0 Å². The fourth-order valence-electron chi connectivity index (χ4n) is 3.37. The van der Waals surface area contributed by atoms with Crippen molar-refractivity contribution in [1.82, 2.24) is 10.3 Å². The van der Waals surface area contributed by atoms with Gasteiger partial charge in [0.25, 0.3) is 0 Å². The molecule has 0 saturated carbocycles. The molecule has 0 amide bonds. The number of hydrogen-bond acceptors (Lipinski definition) is 3. The first-order valence-electron chi connectivity index (χ1n) is 9.60. The van der Waals surface area contributed by atoms with Crippen molar-refractivity contribution in [3.63, 3.8) is 0 Å². The van der Waals surface area contributed by atoms with E-state index in [0.717, 1.165) is 55.5 Å². The summed E-state index contributed by atoms with van der Waals surface area (Å²) in [7, 11) is 0. The van der Waals surface area contributed by atoms with Crippen LogP contribution in [0, 0.1) is 11.7 Å². The fraction of sp³-hybridized carbons (Fsp3) is 0.429. The Balaban J connectivity index is 1.39. The maximum absolute atomic E-state index is 12.9. The minimum atomic E-state index is -0.198. The van der Waals surface area contributed by atoms with Crippen LogP contribution in [0.15, 0.2) is 42.6 Å². The molecule has 0 bridgehead atoms. The zero-order valence-corrected chi connectivity index (χ0v) is 16.6. The molecule has 1 atom stereocenters. The zero-order chi connectivity index (χ0) is 19.1. The second kappa shape index (κ2) is 9.65. The number of nitrogens with zero attached hydrogens (tertiary/aromatic N) is 2. The summed E-state index contributed by atoms with van der Waals surface area (Å²) < 4.78 is 12.9. The van der Waals surface area contributed by atoms with Crippen molar-refractivity contribution in [2.75, 3.05) is 29.9 Å². The number of thiocarbonyl (C=S) groups is 1. The predicted molar refractivity (Wildman–Crippen MR) is 114 cm³/mol. The lowest BCUT2D eigenvalue weighted by Crippen LogP contribution is -2.34. The summed E-state index contributed by atoms with van der Waals surface area (Å²) in [5.74, 6) is 1.56. The molecule has 1 aromatic carbocycles. The minimum Gasteiger partial charge on any atom is -0.362 e. The average Bonchev–Trinajstić information content (AvgIpc) is 2.67. The summed E-state index contributed by atoms with van der Waals surface area (Å²) in [6, 6.07) is 10.7. The van der Waals surface area contributed by atoms with E-state index < -0.39 is 0 Å². The zero-order valence-electron chi connectivity index (χ0n) is 15.7. The van der Waals surface area contributed by atoms with Crippen LogP contribution in [-0.2, 0) is 6.42 Å². The molecule has 6 heteroatoms. The minimum absolute atomic E-state index is 0.198. The highest BCUT2D eigenvalue weighted by atomic mass is 32.1. The van der Waals surface area contributed by atoms with Gasteiger partial charge in [0.1, 0.15) is 11.6 Å². The largest absolute Gasteiger partial charge is 0.362 e. The Labute approximate surface area is 166 Å². The summed E-state index contributed by atoms with van der Waals surface area (Å²) in [5.41, 5.74) is 2.02. The molecule has 1 aliphatic heterocycles. The van der Waals surface area contributed by atoms with Crippen LogP contribution >= 0.6 is 12.2 Å². The Hall–Kier alpha value is -2.21. The molecule has 0 radical (unpaired) electrons. The molecule has 144 valence electrons. The monoisotopic (exact) mass is 386 g/mol. The topological polar surface area (TPSA) is 40.2 Å². The van der Waals surface area contributed by atoms with Crippen molar-refractivity contribution in [3.8, 4) is 0 Å². The van der Waals surface area contributed by atoms with Gasteiger partial charge in [-0.15, -0.1) is 0 Å². The van der Waals surface area contributed by atoms with Gasteiger partial charge < -0.3 is 15.5 Å². The van der Waals surface area contributed by atoms with Gasteiger partial charge in [0.2, 0.25) is 0 Å². The van der Waals surface area contributed by atoms with Crippen LogP contribution in [0.5, 0.6) is 0 Å². The fourth-order valence-corrected chi connectivity index (χ4v) is 3.59. The second-order valence-corrected chi connectivity index (χ2v) is 7.62. The Bertz CT molecular complexity index is 733. The molecule has 0 aliphatic carbocycles. The van der Waals surface area contributed by atoms with Crippen LogP contribution in [0.3, 0.4) is 0 Å². The van der Waals surface area contributed by atoms with Crippen molar-refractivity contribution < 1.29 is 4.39 Å². The number of piperidine rings is 1. The van der Waals surface area contributed by atoms with Crippen molar-refractivity contribution >= 4 is 28.8 Å². The molecule has 2 heterocycles. The van der Waals surface area contributed by atoms with Crippen molar-refractivity contribution in [2.24, 2.45) is 5.92 Å². The molecule has 2 aromatic rings. The first-order valence-corrected chi connectivity index (χ1v) is 10.0. The third-order valence-electron chi connectivity index (χ3n) is 4.83. The highest BCUT2D eigenvalue weighted by Gasteiger charge is 2.17. The number of rotatable bonds is 6. The first-order chi connectivity index (χ1) is 13.1. The summed E-state index contributed by atoms with van der Waals surface area (Å²) in [6.07, 6.45) is 6.19. The Morgan fingerprint density at radius 2 is 2.07 bits per heavy atom. The van der Waals surface area contributed by atoms with Gasteiger partial charge in [-0.05, 0) is 73.6 Å². The van der Waals surface area contributed by atoms with Crippen molar-refractivity contribution in [1.29, 1.82) is 0 Å². The van der Waals surface area contributed by atoms with E-state index in [4.69, 9.17) is 12.2 Å².